The fourth-order valence-electron chi connectivity index (χ4n) is 3.25. The lowest BCUT2D eigenvalue weighted by molar-refractivity contribution is 0.671. The Morgan fingerprint density at radius 1 is 1.21 bits per heavy atom. The molecular formula is C17H21N7. The Hall–Kier alpha value is -2.70. The van der Waals surface area contributed by atoms with Gasteiger partial charge in [0.25, 0.3) is 0 Å². The monoisotopic (exact) mass is 323 g/mol. The van der Waals surface area contributed by atoms with Crippen molar-refractivity contribution in [3.05, 3.63) is 41.5 Å². The maximum absolute atomic E-state index is 4.50. The van der Waals surface area contributed by atoms with Gasteiger partial charge in [-0.05, 0) is 43.4 Å². The van der Waals surface area contributed by atoms with Gasteiger partial charge in [0.05, 0.1) is 12.2 Å². The van der Waals surface area contributed by atoms with Crippen molar-refractivity contribution in [1.29, 1.82) is 0 Å². The molecule has 0 fully saturated rings. The first-order valence-corrected chi connectivity index (χ1v) is 8.30. The van der Waals surface area contributed by atoms with Crippen LogP contribution in [0.3, 0.4) is 0 Å². The van der Waals surface area contributed by atoms with Crippen molar-refractivity contribution in [1.82, 2.24) is 29.9 Å². The van der Waals surface area contributed by atoms with E-state index >= 15 is 0 Å². The minimum Gasteiger partial charge on any atom is -0.352 e. The highest BCUT2D eigenvalue weighted by Crippen LogP contribution is 2.24. The zero-order valence-electron chi connectivity index (χ0n) is 14.0. The standard InChI is InChI=1S/C17H21N7/c1-23-10-9-18-17(23)14-7-8-16(22-20-14)24(2)11-15-12-5-3-4-6-13(12)19-21-15/h7-10H,3-6,11H2,1-2H3,(H,19,21). The summed E-state index contributed by atoms with van der Waals surface area (Å²) in [4.78, 5) is 6.39. The largest absolute Gasteiger partial charge is 0.352 e. The molecular weight excluding hydrogens is 302 g/mol. The van der Waals surface area contributed by atoms with Gasteiger partial charge in [0.1, 0.15) is 5.69 Å². The molecule has 0 saturated heterocycles. The molecule has 4 rings (SSSR count). The Morgan fingerprint density at radius 2 is 2.08 bits per heavy atom. The van der Waals surface area contributed by atoms with Gasteiger partial charge in [-0.3, -0.25) is 5.10 Å². The second kappa shape index (κ2) is 6.07. The van der Waals surface area contributed by atoms with Crippen LogP contribution in [0, 0.1) is 0 Å². The summed E-state index contributed by atoms with van der Waals surface area (Å²) in [6.07, 6.45) is 8.41. The third-order valence-electron chi connectivity index (χ3n) is 4.62. The molecule has 3 heterocycles. The molecule has 7 nitrogen and oxygen atoms in total. The number of imidazole rings is 1. The van der Waals surface area contributed by atoms with Gasteiger partial charge < -0.3 is 9.47 Å². The lowest BCUT2D eigenvalue weighted by atomic mass is 9.96. The zero-order valence-corrected chi connectivity index (χ0v) is 14.0. The topological polar surface area (TPSA) is 75.5 Å². The van der Waals surface area contributed by atoms with E-state index in [9.17, 15) is 0 Å². The van der Waals surface area contributed by atoms with Gasteiger partial charge in [0.15, 0.2) is 11.6 Å². The molecule has 1 N–H and O–H groups in total. The minimum atomic E-state index is 0.738. The van der Waals surface area contributed by atoms with Crippen LogP contribution in [0.2, 0.25) is 0 Å². The Balaban J connectivity index is 1.51. The molecule has 0 unspecified atom stereocenters. The summed E-state index contributed by atoms with van der Waals surface area (Å²) in [5, 5.41) is 16.4. The van der Waals surface area contributed by atoms with Crippen molar-refractivity contribution >= 4 is 5.82 Å². The fourth-order valence-corrected chi connectivity index (χ4v) is 3.25. The smallest absolute Gasteiger partial charge is 0.160 e. The fraction of sp³-hybridized carbons (Fsp3) is 0.412. The van der Waals surface area contributed by atoms with Crippen LogP contribution in [0.25, 0.3) is 11.5 Å². The molecule has 0 amide bonds. The van der Waals surface area contributed by atoms with E-state index in [1.54, 1.807) is 6.20 Å². The van der Waals surface area contributed by atoms with Crippen LogP contribution < -0.4 is 4.90 Å². The Bertz CT molecular complexity index is 831. The predicted molar refractivity (Wildman–Crippen MR) is 91.6 cm³/mol. The van der Waals surface area contributed by atoms with Crippen molar-refractivity contribution in [2.75, 3.05) is 11.9 Å². The molecule has 0 aromatic carbocycles. The van der Waals surface area contributed by atoms with Gasteiger partial charge in [-0.25, -0.2) is 4.98 Å². The van der Waals surface area contributed by atoms with E-state index in [1.807, 2.05) is 37.0 Å². The molecule has 0 spiro atoms. The van der Waals surface area contributed by atoms with Crippen molar-refractivity contribution < 1.29 is 0 Å². The van der Waals surface area contributed by atoms with Crippen molar-refractivity contribution in [2.45, 2.75) is 32.2 Å². The van der Waals surface area contributed by atoms with Gasteiger partial charge in [0.2, 0.25) is 0 Å². The van der Waals surface area contributed by atoms with Crippen molar-refractivity contribution in [2.24, 2.45) is 7.05 Å². The molecule has 0 bridgehead atoms. The summed E-state index contributed by atoms with van der Waals surface area (Å²) < 4.78 is 1.93. The molecule has 0 aliphatic heterocycles. The second-order valence-corrected chi connectivity index (χ2v) is 6.33. The molecule has 7 heteroatoms. The third kappa shape index (κ3) is 2.66. The van der Waals surface area contributed by atoms with Crippen LogP contribution in [0.5, 0.6) is 0 Å². The first kappa shape index (κ1) is 14.9. The Kier molecular flexibility index (Phi) is 3.76. The average molecular weight is 323 g/mol. The number of fused-ring (bicyclic) bond motifs is 1. The van der Waals surface area contributed by atoms with Crippen LogP contribution in [0.15, 0.2) is 24.5 Å². The number of hydrogen-bond donors (Lipinski definition) is 1. The van der Waals surface area contributed by atoms with Gasteiger partial charge in [-0.1, -0.05) is 0 Å². The normalized spacial score (nSPS) is 13.8. The van der Waals surface area contributed by atoms with Crippen LogP contribution >= 0.6 is 0 Å². The first-order chi connectivity index (χ1) is 11.7. The Morgan fingerprint density at radius 3 is 2.83 bits per heavy atom. The van der Waals surface area contributed by atoms with Crippen LogP contribution in [-0.4, -0.2) is 37.0 Å². The molecule has 3 aromatic heterocycles. The molecule has 24 heavy (non-hydrogen) atoms. The molecule has 1 aliphatic carbocycles. The van der Waals surface area contributed by atoms with E-state index in [0.717, 1.165) is 42.4 Å². The maximum Gasteiger partial charge on any atom is 0.160 e. The molecule has 124 valence electrons. The van der Waals surface area contributed by atoms with Crippen LogP contribution in [0.4, 0.5) is 5.82 Å². The Labute approximate surface area is 140 Å². The van der Waals surface area contributed by atoms with Gasteiger partial charge >= 0.3 is 0 Å². The average Bonchev–Trinajstić information content (AvgIpc) is 3.22. The van der Waals surface area contributed by atoms with Crippen LogP contribution in [0.1, 0.15) is 29.8 Å². The van der Waals surface area contributed by atoms with Gasteiger partial charge in [-0.15, -0.1) is 10.2 Å². The second-order valence-electron chi connectivity index (χ2n) is 6.33. The van der Waals surface area contributed by atoms with E-state index in [4.69, 9.17) is 0 Å². The molecule has 3 aromatic rings. The van der Waals surface area contributed by atoms with E-state index in [2.05, 4.69) is 30.3 Å². The number of H-pyrrole nitrogens is 1. The lowest BCUT2D eigenvalue weighted by Crippen LogP contribution is -2.19. The number of aromatic amines is 1. The summed E-state index contributed by atoms with van der Waals surface area (Å²) in [7, 11) is 3.97. The maximum atomic E-state index is 4.50. The minimum absolute atomic E-state index is 0.738. The summed E-state index contributed by atoms with van der Waals surface area (Å²) in [6, 6.07) is 3.94. The molecule has 0 saturated carbocycles. The third-order valence-corrected chi connectivity index (χ3v) is 4.62. The number of nitrogens with zero attached hydrogens (tertiary/aromatic N) is 6. The van der Waals surface area contributed by atoms with Gasteiger partial charge in [-0.2, -0.15) is 5.10 Å². The SMILES string of the molecule is CN(Cc1n[nH]c2c1CCCC2)c1ccc(-c2nccn2C)nn1. The summed E-state index contributed by atoms with van der Waals surface area (Å²) >= 11 is 0. The number of aromatic nitrogens is 6. The van der Waals surface area contributed by atoms with Crippen LogP contribution in [-0.2, 0) is 26.4 Å². The van der Waals surface area contributed by atoms with Gasteiger partial charge in [0, 0.05) is 32.2 Å². The van der Waals surface area contributed by atoms with E-state index in [1.165, 1.54) is 24.1 Å². The summed E-state index contributed by atoms with van der Waals surface area (Å²) in [5.41, 5.74) is 4.60. The number of anilines is 1. The van der Waals surface area contributed by atoms with Crippen molar-refractivity contribution in [3.63, 3.8) is 0 Å². The molecule has 0 radical (unpaired) electrons. The molecule has 1 aliphatic rings. The number of hydrogen-bond acceptors (Lipinski definition) is 5. The van der Waals surface area contributed by atoms with E-state index < -0.39 is 0 Å². The first-order valence-electron chi connectivity index (χ1n) is 8.30. The predicted octanol–water partition coefficient (Wildman–Crippen LogP) is 2.12. The number of nitrogens with one attached hydrogen (secondary N) is 1. The highest BCUT2D eigenvalue weighted by Gasteiger charge is 2.18. The molecule has 0 atom stereocenters. The van der Waals surface area contributed by atoms with Crippen molar-refractivity contribution in [3.8, 4) is 11.5 Å². The van der Waals surface area contributed by atoms with E-state index in [-0.39, 0.29) is 0 Å². The van der Waals surface area contributed by atoms with E-state index in [0.29, 0.717) is 0 Å². The summed E-state index contributed by atoms with van der Waals surface area (Å²) in [6.45, 7) is 0.738. The lowest BCUT2D eigenvalue weighted by Gasteiger charge is -2.18. The highest BCUT2D eigenvalue weighted by atomic mass is 15.3. The highest BCUT2D eigenvalue weighted by molar-refractivity contribution is 5.51. The number of rotatable bonds is 4. The summed E-state index contributed by atoms with van der Waals surface area (Å²) in [5.74, 6) is 1.65. The number of aryl methyl sites for hydroxylation is 2. The zero-order chi connectivity index (χ0) is 16.5. The quantitative estimate of drug-likeness (QED) is 0.796.